The lowest BCUT2D eigenvalue weighted by Gasteiger charge is -2.14. The van der Waals surface area contributed by atoms with Crippen molar-refractivity contribution in [3.05, 3.63) is 30.2 Å². The third-order valence-corrected chi connectivity index (χ3v) is 3.41. The average Bonchev–Trinajstić information content (AvgIpc) is 3.09. The lowest BCUT2D eigenvalue weighted by Crippen LogP contribution is -2.12. The lowest BCUT2D eigenvalue weighted by atomic mass is 10.2. The van der Waals surface area contributed by atoms with Crippen molar-refractivity contribution >= 4 is 16.9 Å². The minimum atomic E-state index is 0.0262. The van der Waals surface area contributed by atoms with Gasteiger partial charge in [0.05, 0.1) is 17.6 Å². The summed E-state index contributed by atoms with van der Waals surface area (Å²) in [6.45, 7) is 6.20. The minimum Gasteiger partial charge on any atom is -0.360 e. The Balaban J connectivity index is 2.04. The van der Waals surface area contributed by atoms with Crippen LogP contribution >= 0.6 is 0 Å². The quantitative estimate of drug-likeness (QED) is 0.769. The van der Waals surface area contributed by atoms with E-state index in [4.69, 9.17) is 0 Å². The van der Waals surface area contributed by atoms with E-state index in [1.54, 1.807) is 17.1 Å². The minimum absolute atomic E-state index is 0.0262. The number of anilines is 1. The second kappa shape index (κ2) is 5.16. The summed E-state index contributed by atoms with van der Waals surface area (Å²) in [4.78, 5) is 16.6. The molecule has 7 nitrogen and oxygen atoms in total. The Kier molecular flexibility index (Phi) is 3.32. The number of nitrogens with one attached hydrogen (secondary N) is 2. The molecule has 3 aromatic rings. The molecule has 1 unspecified atom stereocenters. The van der Waals surface area contributed by atoms with Crippen LogP contribution in [0, 0.1) is 0 Å². The highest BCUT2D eigenvalue weighted by Crippen LogP contribution is 2.25. The number of H-pyrrole nitrogens is 1. The van der Waals surface area contributed by atoms with E-state index in [0.29, 0.717) is 0 Å². The van der Waals surface area contributed by atoms with Crippen LogP contribution in [-0.2, 0) is 7.05 Å². The van der Waals surface area contributed by atoms with Crippen LogP contribution in [0.25, 0.3) is 11.0 Å². The first kappa shape index (κ1) is 13.5. The van der Waals surface area contributed by atoms with Gasteiger partial charge in [-0.05, 0) is 6.92 Å². The lowest BCUT2D eigenvalue weighted by molar-refractivity contribution is 0.746. The zero-order valence-electron chi connectivity index (χ0n) is 12.6. The first-order valence-electron chi connectivity index (χ1n) is 7.01. The third kappa shape index (κ3) is 2.46. The van der Waals surface area contributed by atoms with Gasteiger partial charge in [-0.15, -0.1) is 0 Å². The first-order chi connectivity index (χ1) is 10.1. The van der Waals surface area contributed by atoms with Crippen molar-refractivity contribution in [2.75, 3.05) is 5.32 Å². The van der Waals surface area contributed by atoms with Crippen molar-refractivity contribution in [1.29, 1.82) is 0 Å². The van der Waals surface area contributed by atoms with E-state index < -0.39 is 0 Å². The van der Waals surface area contributed by atoms with Crippen LogP contribution in [-0.4, -0.2) is 29.7 Å². The second-order valence-corrected chi connectivity index (χ2v) is 5.43. The molecule has 0 saturated carbocycles. The topological polar surface area (TPSA) is 84.3 Å². The molecule has 3 aromatic heterocycles. The van der Waals surface area contributed by atoms with E-state index in [0.717, 1.165) is 28.5 Å². The molecule has 0 saturated heterocycles. The first-order valence-corrected chi connectivity index (χ1v) is 7.01. The van der Waals surface area contributed by atoms with Gasteiger partial charge in [0.15, 0.2) is 5.65 Å². The van der Waals surface area contributed by atoms with Gasteiger partial charge < -0.3 is 10.3 Å². The van der Waals surface area contributed by atoms with Gasteiger partial charge in [0, 0.05) is 25.4 Å². The fourth-order valence-electron chi connectivity index (χ4n) is 2.19. The number of nitrogens with zero attached hydrogens (tertiary/aromatic N) is 5. The highest BCUT2D eigenvalue weighted by atomic mass is 15.3. The number of hydrogen-bond donors (Lipinski definition) is 2. The van der Waals surface area contributed by atoms with E-state index in [1.165, 1.54) is 0 Å². The summed E-state index contributed by atoms with van der Waals surface area (Å²) in [6.07, 6.45) is 5.34. The van der Waals surface area contributed by atoms with Crippen LogP contribution in [0.5, 0.6) is 0 Å². The highest BCUT2D eigenvalue weighted by molar-refractivity contribution is 5.86. The fourth-order valence-corrected chi connectivity index (χ4v) is 2.19. The Morgan fingerprint density at radius 1 is 1.24 bits per heavy atom. The van der Waals surface area contributed by atoms with Crippen molar-refractivity contribution in [3.8, 4) is 0 Å². The van der Waals surface area contributed by atoms with Crippen LogP contribution in [0.2, 0.25) is 0 Å². The molecule has 1 atom stereocenters. The Labute approximate surface area is 122 Å². The summed E-state index contributed by atoms with van der Waals surface area (Å²) in [5.41, 5.74) is 0.836. The zero-order valence-corrected chi connectivity index (χ0v) is 12.6. The van der Waals surface area contributed by atoms with Crippen molar-refractivity contribution in [1.82, 2.24) is 29.7 Å². The van der Waals surface area contributed by atoms with Gasteiger partial charge in [0.1, 0.15) is 17.5 Å². The van der Waals surface area contributed by atoms with Crippen molar-refractivity contribution in [2.45, 2.75) is 32.7 Å². The van der Waals surface area contributed by atoms with Gasteiger partial charge in [-0.2, -0.15) is 5.10 Å². The number of aryl methyl sites for hydroxylation is 1. The molecule has 21 heavy (non-hydrogen) atoms. The third-order valence-electron chi connectivity index (χ3n) is 3.41. The summed E-state index contributed by atoms with van der Waals surface area (Å²) < 4.78 is 1.77. The summed E-state index contributed by atoms with van der Waals surface area (Å²) in [5.74, 6) is 2.72. The summed E-state index contributed by atoms with van der Waals surface area (Å²) >= 11 is 0. The zero-order chi connectivity index (χ0) is 15.0. The molecular formula is C14H19N7. The van der Waals surface area contributed by atoms with E-state index in [-0.39, 0.29) is 12.0 Å². The molecule has 0 amide bonds. The van der Waals surface area contributed by atoms with Crippen molar-refractivity contribution in [3.63, 3.8) is 0 Å². The molecule has 0 aromatic carbocycles. The van der Waals surface area contributed by atoms with Crippen LogP contribution < -0.4 is 5.32 Å². The molecule has 3 heterocycles. The molecule has 2 N–H and O–H groups in total. The molecule has 0 aliphatic carbocycles. The van der Waals surface area contributed by atoms with Gasteiger partial charge in [-0.1, -0.05) is 13.8 Å². The maximum Gasteiger partial charge on any atom is 0.163 e. The number of hydrogen-bond acceptors (Lipinski definition) is 5. The Morgan fingerprint density at radius 2 is 2.05 bits per heavy atom. The number of imidazole rings is 1. The van der Waals surface area contributed by atoms with Crippen molar-refractivity contribution in [2.24, 2.45) is 7.05 Å². The number of rotatable bonds is 4. The number of fused-ring (bicyclic) bond motifs is 1. The molecule has 0 spiro atoms. The van der Waals surface area contributed by atoms with Gasteiger partial charge in [-0.3, -0.25) is 4.68 Å². The largest absolute Gasteiger partial charge is 0.360 e. The van der Waals surface area contributed by atoms with Crippen molar-refractivity contribution < 1.29 is 0 Å². The maximum absolute atomic E-state index is 4.65. The monoisotopic (exact) mass is 285 g/mol. The van der Waals surface area contributed by atoms with Gasteiger partial charge >= 0.3 is 0 Å². The molecule has 3 rings (SSSR count). The van der Waals surface area contributed by atoms with E-state index in [1.807, 2.05) is 20.2 Å². The number of aromatic nitrogens is 6. The van der Waals surface area contributed by atoms with Gasteiger partial charge in [0.25, 0.3) is 0 Å². The molecule has 110 valence electrons. The molecule has 0 aliphatic rings. The van der Waals surface area contributed by atoms with Gasteiger partial charge in [-0.25, -0.2) is 15.0 Å². The SMILES string of the molecule is CC(C)c1nc(NC(C)c2ncc[nH]2)c2cnn(C)c2n1. The predicted molar refractivity (Wildman–Crippen MR) is 81.0 cm³/mol. The fraction of sp³-hybridized carbons (Fsp3) is 0.429. The van der Waals surface area contributed by atoms with Crippen LogP contribution in [0.15, 0.2) is 18.6 Å². The summed E-state index contributed by atoms with van der Waals surface area (Å²) in [6, 6.07) is 0.0262. The maximum atomic E-state index is 4.65. The summed E-state index contributed by atoms with van der Waals surface area (Å²) in [5, 5.41) is 8.59. The highest BCUT2D eigenvalue weighted by Gasteiger charge is 2.16. The second-order valence-electron chi connectivity index (χ2n) is 5.43. The molecule has 0 radical (unpaired) electrons. The standard InChI is InChI=1S/C14H19N7/c1-8(2)11-19-13(10-7-17-21(4)14(10)20-11)18-9(3)12-15-5-6-16-12/h5-9H,1-4H3,(H,15,16)(H,18,19,20). The summed E-state index contributed by atoms with van der Waals surface area (Å²) in [7, 11) is 1.89. The predicted octanol–water partition coefficient (Wildman–Crippen LogP) is 2.38. The van der Waals surface area contributed by atoms with Gasteiger partial charge in [0.2, 0.25) is 0 Å². The smallest absolute Gasteiger partial charge is 0.163 e. The van der Waals surface area contributed by atoms with E-state index >= 15 is 0 Å². The molecule has 0 fully saturated rings. The molecule has 0 aliphatic heterocycles. The Bertz CT molecular complexity index is 742. The normalized spacial score (nSPS) is 13.0. The van der Waals surface area contributed by atoms with Crippen LogP contribution in [0.3, 0.4) is 0 Å². The molecule has 0 bridgehead atoms. The molecule has 7 heteroatoms. The van der Waals surface area contributed by atoms with E-state index in [9.17, 15) is 0 Å². The Hall–Kier alpha value is -2.44. The number of aromatic amines is 1. The van der Waals surface area contributed by atoms with Crippen LogP contribution in [0.4, 0.5) is 5.82 Å². The van der Waals surface area contributed by atoms with Crippen LogP contribution in [0.1, 0.15) is 44.4 Å². The average molecular weight is 285 g/mol. The Morgan fingerprint density at radius 3 is 2.71 bits per heavy atom. The van der Waals surface area contributed by atoms with E-state index in [2.05, 4.69) is 44.2 Å². The molecular weight excluding hydrogens is 266 g/mol.